The molecule has 1 amide bonds. The maximum absolute atomic E-state index is 12.7. The maximum Gasteiger partial charge on any atom is 0.274 e. The van der Waals surface area contributed by atoms with Crippen molar-refractivity contribution >= 4 is 11.7 Å². The Kier molecular flexibility index (Phi) is 4.16. The van der Waals surface area contributed by atoms with Crippen LogP contribution in [0, 0.1) is 0 Å². The van der Waals surface area contributed by atoms with Crippen molar-refractivity contribution in [1.82, 2.24) is 20.2 Å². The quantitative estimate of drug-likeness (QED) is 0.895. The van der Waals surface area contributed by atoms with Crippen molar-refractivity contribution in [2.24, 2.45) is 0 Å². The number of hydrogen-bond acceptors (Lipinski definition) is 5. The van der Waals surface area contributed by atoms with Crippen molar-refractivity contribution in [3.05, 3.63) is 18.1 Å². The van der Waals surface area contributed by atoms with Gasteiger partial charge in [0.2, 0.25) is 0 Å². The summed E-state index contributed by atoms with van der Waals surface area (Å²) in [6.45, 7) is 3.77. The first-order valence-electron chi connectivity index (χ1n) is 8.93. The first-order chi connectivity index (χ1) is 11.3. The third-order valence-corrected chi connectivity index (χ3v) is 5.40. The predicted molar refractivity (Wildman–Crippen MR) is 88.6 cm³/mol. The molecule has 3 saturated heterocycles. The summed E-state index contributed by atoms with van der Waals surface area (Å²) >= 11 is 0. The number of piperidine rings is 1. The van der Waals surface area contributed by atoms with E-state index in [1.54, 1.807) is 6.20 Å². The second kappa shape index (κ2) is 6.43. The van der Waals surface area contributed by atoms with Crippen molar-refractivity contribution in [3.63, 3.8) is 0 Å². The fraction of sp³-hybridized carbons (Fsp3) is 0.706. The molecule has 1 aromatic heterocycles. The molecule has 0 aromatic carbocycles. The van der Waals surface area contributed by atoms with Crippen LogP contribution < -0.4 is 10.2 Å². The molecule has 6 heteroatoms. The molecule has 1 aromatic rings. The van der Waals surface area contributed by atoms with Crippen LogP contribution in [0.5, 0.6) is 0 Å². The Labute approximate surface area is 137 Å². The second-order valence-electron chi connectivity index (χ2n) is 6.90. The van der Waals surface area contributed by atoms with Gasteiger partial charge in [-0.3, -0.25) is 9.78 Å². The minimum absolute atomic E-state index is 0.0411. The fourth-order valence-electron chi connectivity index (χ4n) is 4.20. The Balaban J connectivity index is 1.57. The van der Waals surface area contributed by atoms with Crippen LogP contribution in [-0.4, -0.2) is 59.0 Å². The lowest BCUT2D eigenvalue weighted by Crippen LogP contribution is -2.39. The number of likely N-dealkylation sites (tertiary alicyclic amines) is 1. The number of carbonyl (C=O) groups is 1. The summed E-state index contributed by atoms with van der Waals surface area (Å²) in [6, 6.07) is 1.02. The molecule has 124 valence electrons. The number of rotatable bonds is 2. The normalized spacial score (nSPS) is 27.8. The number of amides is 1. The van der Waals surface area contributed by atoms with E-state index in [4.69, 9.17) is 4.98 Å². The van der Waals surface area contributed by atoms with Crippen LogP contribution in [0.3, 0.4) is 0 Å². The topological polar surface area (TPSA) is 61.4 Å². The zero-order valence-corrected chi connectivity index (χ0v) is 13.6. The first-order valence-corrected chi connectivity index (χ1v) is 8.93. The Morgan fingerprint density at radius 1 is 1.09 bits per heavy atom. The van der Waals surface area contributed by atoms with Gasteiger partial charge in [0.25, 0.3) is 5.91 Å². The third kappa shape index (κ3) is 2.92. The van der Waals surface area contributed by atoms with Crippen LogP contribution in [0.2, 0.25) is 0 Å². The van der Waals surface area contributed by atoms with Gasteiger partial charge in [-0.15, -0.1) is 0 Å². The molecule has 23 heavy (non-hydrogen) atoms. The molecule has 6 nitrogen and oxygen atoms in total. The van der Waals surface area contributed by atoms with E-state index in [9.17, 15) is 4.79 Å². The van der Waals surface area contributed by atoms with Crippen LogP contribution in [0.15, 0.2) is 12.4 Å². The van der Waals surface area contributed by atoms with Crippen molar-refractivity contribution < 1.29 is 4.79 Å². The molecule has 2 bridgehead atoms. The van der Waals surface area contributed by atoms with E-state index in [2.05, 4.69) is 15.2 Å². The molecule has 2 atom stereocenters. The summed E-state index contributed by atoms with van der Waals surface area (Å²) in [7, 11) is 0. The van der Waals surface area contributed by atoms with Gasteiger partial charge in [-0.2, -0.15) is 0 Å². The van der Waals surface area contributed by atoms with Gasteiger partial charge in [-0.1, -0.05) is 0 Å². The third-order valence-electron chi connectivity index (χ3n) is 5.40. The highest BCUT2D eigenvalue weighted by Gasteiger charge is 2.36. The number of fused-ring (bicyclic) bond motifs is 2. The summed E-state index contributed by atoms with van der Waals surface area (Å²) < 4.78 is 0. The summed E-state index contributed by atoms with van der Waals surface area (Å²) in [5.74, 6) is 0.920. The van der Waals surface area contributed by atoms with Crippen LogP contribution in [-0.2, 0) is 0 Å². The van der Waals surface area contributed by atoms with E-state index in [-0.39, 0.29) is 5.91 Å². The van der Waals surface area contributed by atoms with E-state index in [1.807, 2.05) is 11.1 Å². The van der Waals surface area contributed by atoms with Gasteiger partial charge in [0.15, 0.2) is 0 Å². The van der Waals surface area contributed by atoms with Gasteiger partial charge >= 0.3 is 0 Å². The van der Waals surface area contributed by atoms with E-state index in [0.717, 1.165) is 51.3 Å². The fourth-order valence-corrected chi connectivity index (χ4v) is 4.20. The van der Waals surface area contributed by atoms with Crippen LogP contribution in [0.1, 0.15) is 49.0 Å². The molecular formula is C17H25N5O. The second-order valence-corrected chi connectivity index (χ2v) is 6.90. The highest BCUT2D eigenvalue weighted by molar-refractivity contribution is 5.92. The van der Waals surface area contributed by atoms with Crippen LogP contribution in [0.4, 0.5) is 5.82 Å². The van der Waals surface area contributed by atoms with Crippen molar-refractivity contribution in [1.29, 1.82) is 0 Å². The Hall–Kier alpha value is -1.69. The molecule has 3 aliphatic rings. The van der Waals surface area contributed by atoms with Crippen LogP contribution >= 0.6 is 0 Å². The lowest BCUT2D eigenvalue weighted by Gasteiger charge is -2.30. The molecule has 1 N–H and O–H groups in total. The average Bonchev–Trinajstić information content (AvgIpc) is 2.88. The molecule has 3 aliphatic heterocycles. The average molecular weight is 315 g/mol. The van der Waals surface area contributed by atoms with E-state index >= 15 is 0 Å². The minimum atomic E-state index is 0.0411. The number of nitrogens with one attached hydrogen (secondary N) is 1. The molecule has 0 saturated carbocycles. The molecule has 0 radical (unpaired) electrons. The van der Waals surface area contributed by atoms with Crippen molar-refractivity contribution in [2.45, 2.75) is 50.6 Å². The number of nitrogens with zero attached hydrogens (tertiary/aromatic N) is 4. The molecule has 4 rings (SSSR count). The van der Waals surface area contributed by atoms with Crippen molar-refractivity contribution in [3.8, 4) is 0 Å². The van der Waals surface area contributed by atoms with Gasteiger partial charge < -0.3 is 15.1 Å². The lowest BCUT2D eigenvalue weighted by atomic mass is 10.1. The lowest BCUT2D eigenvalue weighted by molar-refractivity contribution is 0.0718. The molecule has 0 aliphatic carbocycles. The monoisotopic (exact) mass is 315 g/mol. The highest BCUT2D eigenvalue weighted by atomic mass is 16.2. The molecule has 0 unspecified atom stereocenters. The zero-order chi connectivity index (χ0) is 15.6. The molecule has 0 spiro atoms. The van der Waals surface area contributed by atoms with Gasteiger partial charge in [-0.25, -0.2) is 4.98 Å². The van der Waals surface area contributed by atoms with E-state index in [1.165, 1.54) is 19.3 Å². The Morgan fingerprint density at radius 3 is 2.78 bits per heavy atom. The number of anilines is 1. The van der Waals surface area contributed by atoms with Crippen molar-refractivity contribution in [2.75, 3.05) is 31.1 Å². The number of aromatic nitrogens is 2. The predicted octanol–water partition coefficient (Wildman–Crippen LogP) is 1.43. The zero-order valence-electron chi connectivity index (χ0n) is 13.6. The Bertz CT molecular complexity index is 558. The standard InChI is InChI=1S/C17H25N5O/c23-17(21-8-2-1-3-9-21)15-11-19-12-16(20-15)22-13-4-5-14(22)10-18-7-6-13/h11-14,18H,1-10H2/t13-,14+/m1/s1. The van der Waals surface area contributed by atoms with Gasteiger partial charge in [0, 0.05) is 31.7 Å². The highest BCUT2D eigenvalue weighted by Crippen LogP contribution is 2.31. The van der Waals surface area contributed by atoms with Crippen LogP contribution in [0.25, 0.3) is 0 Å². The largest absolute Gasteiger partial charge is 0.348 e. The number of hydrogen-bond donors (Lipinski definition) is 1. The maximum atomic E-state index is 12.7. The molecule has 3 fully saturated rings. The molecule has 4 heterocycles. The summed E-state index contributed by atoms with van der Waals surface area (Å²) in [6.07, 6.45) is 10.4. The van der Waals surface area contributed by atoms with E-state index < -0.39 is 0 Å². The van der Waals surface area contributed by atoms with E-state index in [0.29, 0.717) is 17.8 Å². The minimum Gasteiger partial charge on any atom is -0.348 e. The SMILES string of the molecule is O=C(c1cncc(N2[C@H]3CCNC[C@@H]2CC3)n1)N1CCCCC1. The summed E-state index contributed by atoms with van der Waals surface area (Å²) in [5.41, 5.74) is 0.501. The van der Waals surface area contributed by atoms with Gasteiger partial charge in [-0.05, 0) is 45.1 Å². The van der Waals surface area contributed by atoms with Gasteiger partial charge in [0.05, 0.1) is 12.4 Å². The summed E-state index contributed by atoms with van der Waals surface area (Å²) in [4.78, 5) is 26.0. The summed E-state index contributed by atoms with van der Waals surface area (Å²) in [5, 5.41) is 3.50. The smallest absolute Gasteiger partial charge is 0.274 e. The molecular weight excluding hydrogens is 290 g/mol. The number of carbonyl (C=O) groups excluding carboxylic acids is 1. The Morgan fingerprint density at radius 2 is 1.91 bits per heavy atom. The first kappa shape index (κ1) is 14.9. The van der Waals surface area contributed by atoms with Gasteiger partial charge in [0.1, 0.15) is 11.5 Å².